The van der Waals surface area contributed by atoms with E-state index in [9.17, 15) is 9.90 Å². The Hall–Kier alpha value is -2.37. The Bertz CT molecular complexity index is 611. The molecule has 2 rings (SSSR count). The fourth-order valence-electron chi connectivity index (χ4n) is 1.61. The first-order valence-corrected chi connectivity index (χ1v) is 5.97. The Balaban J connectivity index is 2.16. The van der Waals surface area contributed by atoms with Gasteiger partial charge < -0.3 is 5.11 Å². The molecule has 1 radical (unpaired) electrons. The van der Waals surface area contributed by atoms with Crippen LogP contribution < -0.4 is 0 Å². The number of hydrogen-bond acceptors (Lipinski definition) is 2. The topological polar surface area (TPSA) is 37.3 Å². The third-order valence-electron chi connectivity index (χ3n) is 2.75. The summed E-state index contributed by atoms with van der Waals surface area (Å²) in [5.41, 5.74) is 3.12. The van der Waals surface area contributed by atoms with Crippen LogP contribution in [0.4, 0.5) is 0 Å². The largest absolute Gasteiger partial charge is 0.389 e. The van der Waals surface area contributed by atoms with E-state index in [1.807, 2.05) is 30.6 Å². The molecule has 0 saturated heterocycles. The van der Waals surface area contributed by atoms with Crippen molar-refractivity contribution < 1.29 is 9.90 Å². The maximum Gasteiger partial charge on any atom is 0.233 e. The first-order chi connectivity index (χ1) is 9.19. The van der Waals surface area contributed by atoms with E-state index < -0.39 is 6.10 Å². The zero-order valence-corrected chi connectivity index (χ0v) is 10.6. The number of hydrogen-bond donors (Lipinski definition) is 1. The van der Waals surface area contributed by atoms with E-state index >= 15 is 0 Å². The summed E-state index contributed by atoms with van der Waals surface area (Å²) in [6.07, 6.45) is 1.36. The monoisotopic (exact) mass is 249 g/mol. The SMILES string of the molecule is CC(O)c1ccc(C#Cc2ccc([C]=O)cc2)cc1. The van der Waals surface area contributed by atoms with Crippen molar-refractivity contribution >= 4 is 6.29 Å². The fourth-order valence-corrected chi connectivity index (χ4v) is 1.61. The van der Waals surface area contributed by atoms with Crippen LogP contribution in [-0.2, 0) is 4.79 Å². The van der Waals surface area contributed by atoms with E-state index in [0.717, 1.165) is 16.7 Å². The molecule has 0 amide bonds. The van der Waals surface area contributed by atoms with Gasteiger partial charge in [-0.05, 0) is 48.9 Å². The van der Waals surface area contributed by atoms with E-state index in [1.165, 1.54) is 0 Å². The summed E-state index contributed by atoms with van der Waals surface area (Å²) in [6.45, 7) is 1.73. The molecule has 1 unspecified atom stereocenters. The van der Waals surface area contributed by atoms with Gasteiger partial charge in [-0.1, -0.05) is 24.0 Å². The zero-order chi connectivity index (χ0) is 13.7. The molecule has 1 N–H and O–H groups in total. The number of aliphatic hydroxyl groups is 1. The summed E-state index contributed by atoms with van der Waals surface area (Å²) in [6, 6.07) is 14.4. The Labute approximate surface area is 112 Å². The molecule has 1 atom stereocenters. The predicted octanol–water partition coefficient (Wildman–Crippen LogP) is 2.60. The second kappa shape index (κ2) is 5.99. The van der Waals surface area contributed by atoms with Crippen LogP contribution in [0.2, 0.25) is 0 Å². The molecule has 19 heavy (non-hydrogen) atoms. The highest BCUT2D eigenvalue weighted by atomic mass is 16.3. The van der Waals surface area contributed by atoms with E-state index in [1.54, 1.807) is 31.2 Å². The molecule has 0 aliphatic carbocycles. The summed E-state index contributed by atoms with van der Waals surface area (Å²) in [5.74, 6) is 6.05. The van der Waals surface area contributed by atoms with Crippen LogP contribution in [-0.4, -0.2) is 11.4 Å². The van der Waals surface area contributed by atoms with Gasteiger partial charge in [-0.15, -0.1) is 0 Å². The quantitative estimate of drug-likeness (QED) is 0.831. The van der Waals surface area contributed by atoms with E-state index in [2.05, 4.69) is 11.8 Å². The lowest BCUT2D eigenvalue weighted by molar-refractivity contribution is 0.199. The Morgan fingerprint density at radius 3 is 1.68 bits per heavy atom. The average Bonchev–Trinajstić information content (AvgIpc) is 2.46. The third-order valence-corrected chi connectivity index (χ3v) is 2.75. The van der Waals surface area contributed by atoms with Gasteiger partial charge in [-0.3, -0.25) is 4.79 Å². The van der Waals surface area contributed by atoms with Crippen LogP contribution in [0.5, 0.6) is 0 Å². The predicted molar refractivity (Wildman–Crippen MR) is 74.3 cm³/mol. The van der Waals surface area contributed by atoms with Gasteiger partial charge in [0.15, 0.2) is 0 Å². The van der Waals surface area contributed by atoms with Crippen LogP contribution in [0.15, 0.2) is 48.5 Å². The van der Waals surface area contributed by atoms with Crippen molar-refractivity contribution in [1.29, 1.82) is 0 Å². The van der Waals surface area contributed by atoms with Gasteiger partial charge in [-0.25, -0.2) is 0 Å². The molecule has 2 aromatic rings. The summed E-state index contributed by atoms with van der Waals surface area (Å²) >= 11 is 0. The van der Waals surface area contributed by atoms with Crippen molar-refractivity contribution in [2.75, 3.05) is 0 Å². The van der Waals surface area contributed by atoms with Gasteiger partial charge in [0.25, 0.3) is 0 Å². The number of aliphatic hydroxyl groups excluding tert-OH is 1. The lowest BCUT2D eigenvalue weighted by atomic mass is 10.1. The maximum atomic E-state index is 10.4. The Morgan fingerprint density at radius 2 is 1.26 bits per heavy atom. The Kier molecular flexibility index (Phi) is 4.12. The Morgan fingerprint density at radius 1 is 0.842 bits per heavy atom. The molecular weight excluding hydrogens is 236 g/mol. The van der Waals surface area contributed by atoms with Crippen LogP contribution in [0.3, 0.4) is 0 Å². The highest BCUT2D eigenvalue weighted by Crippen LogP contribution is 2.12. The van der Waals surface area contributed by atoms with Crippen molar-refractivity contribution in [3.05, 3.63) is 70.8 Å². The normalized spacial score (nSPS) is 11.3. The molecular formula is C17H13O2. The number of rotatable bonds is 2. The fraction of sp³-hybridized carbons (Fsp3) is 0.118. The van der Waals surface area contributed by atoms with Gasteiger partial charge in [-0.2, -0.15) is 0 Å². The van der Waals surface area contributed by atoms with Crippen molar-refractivity contribution in [3.63, 3.8) is 0 Å². The molecule has 0 fully saturated rings. The van der Waals surface area contributed by atoms with E-state index in [-0.39, 0.29) is 0 Å². The van der Waals surface area contributed by atoms with Crippen molar-refractivity contribution in [2.45, 2.75) is 13.0 Å². The first-order valence-electron chi connectivity index (χ1n) is 5.97. The standard InChI is InChI=1S/C17H13O2/c1-13(19)17-10-8-15(9-11-17)3-2-14-4-6-16(12-18)7-5-14/h4-11,13,19H,1H3. The smallest absolute Gasteiger partial charge is 0.233 e. The van der Waals surface area contributed by atoms with Crippen molar-refractivity contribution in [1.82, 2.24) is 0 Å². The van der Waals surface area contributed by atoms with Crippen LogP contribution in [0, 0.1) is 11.8 Å². The molecule has 0 spiro atoms. The second-order valence-electron chi connectivity index (χ2n) is 4.23. The minimum absolute atomic E-state index is 0.464. The summed E-state index contributed by atoms with van der Waals surface area (Å²) < 4.78 is 0. The molecule has 2 aromatic carbocycles. The van der Waals surface area contributed by atoms with Gasteiger partial charge in [0.1, 0.15) is 0 Å². The third kappa shape index (κ3) is 3.54. The van der Waals surface area contributed by atoms with Crippen molar-refractivity contribution in [3.8, 4) is 11.8 Å². The highest BCUT2D eigenvalue weighted by molar-refractivity contribution is 5.75. The first kappa shape index (κ1) is 13.1. The molecule has 0 aliphatic rings. The summed E-state index contributed by atoms with van der Waals surface area (Å²) in [7, 11) is 0. The van der Waals surface area contributed by atoms with Gasteiger partial charge in [0.05, 0.1) is 6.10 Å². The average molecular weight is 249 g/mol. The van der Waals surface area contributed by atoms with E-state index in [4.69, 9.17) is 0 Å². The molecule has 93 valence electrons. The molecule has 0 saturated carbocycles. The van der Waals surface area contributed by atoms with Crippen LogP contribution in [0.25, 0.3) is 0 Å². The maximum absolute atomic E-state index is 10.4. The molecule has 2 nitrogen and oxygen atoms in total. The molecule has 0 aliphatic heterocycles. The lowest BCUT2D eigenvalue weighted by Gasteiger charge is -2.02. The minimum atomic E-state index is -0.464. The number of benzene rings is 2. The second-order valence-corrected chi connectivity index (χ2v) is 4.23. The number of carbonyl (C=O) groups excluding carboxylic acids is 1. The molecule has 0 heterocycles. The minimum Gasteiger partial charge on any atom is -0.389 e. The van der Waals surface area contributed by atoms with Crippen molar-refractivity contribution in [2.24, 2.45) is 0 Å². The zero-order valence-electron chi connectivity index (χ0n) is 10.6. The van der Waals surface area contributed by atoms with Gasteiger partial charge >= 0.3 is 0 Å². The van der Waals surface area contributed by atoms with Gasteiger partial charge in [0, 0.05) is 16.7 Å². The van der Waals surface area contributed by atoms with Gasteiger partial charge in [0.2, 0.25) is 6.29 Å². The van der Waals surface area contributed by atoms with E-state index in [0.29, 0.717) is 5.56 Å². The molecule has 0 aromatic heterocycles. The summed E-state index contributed by atoms with van der Waals surface area (Å²) in [4.78, 5) is 10.4. The summed E-state index contributed by atoms with van der Waals surface area (Å²) in [5, 5.41) is 9.40. The highest BCUT2D eigenvalue weighted by Gasteiger charge is 1.98. The molecule has 2 heteroatoms. The van der Waals surface area contributed by atoms with Crippen LogP contribution in [0.1, 0.15) is 35.3 Å². The lowest BCUT2D eigenvalue weighted by Crippen LogP contribution is -1.89. The molecule has 0 bridgehead atoms. The van der Waals surface area contributed by atoms with Crippen LogP contribution >= 0.6 is 0 Å².